The van der Waals surface area contributed by atoms with Gasteiger partial charge in [-0.1, -0.05) is 51.1 Å². The number of Topliss-reactive ketones (excluding diaryl/α,β-unsaturated/α-hetero) is 1. The van der Waals surface area contributed by atoms with Crippen molar-refractivity contribution in [2.75, 3.05) is 31.0 Å². The number of carbonyl (C=O) groups is 2. The van der Waals surface area contributed by atoms with Crippen LogP contribution in [0.25, 0.3) is 10.8 Å². The lowest BCUT2D eigenvalue weighted by Gasteiger charge is -2.27. The number of nitrogens with one attached hydrogen (secondary N) is 2. The van der Waals surface area contributed by atoms with Crippen molar-refractivity contribution in [1.29, 1.82) is 0 Å². The van der Waals surface area contributed by atoms with E-state index in [1.165, 1.54) is 7.11 Å². The molecule has 0 unspecified atom stereocenters. The minimum Gasteiger partial charge on any atom is -0.494 e. The molecule has 2 N–H and O–H groups in total. The Labute approximate surface area is 280 Å². The number of ketones is 1. The fraction of sp³-hybridized carbons (Fsp3) is 0.282. The number of anilines is 2. The second-order valence-corrected chi connectivity index (χ2v) is 13.0. The summed E-state index contributed by atoms with van der Waals surface area (Å²) < 4.78 is 17.3. The second-order valence-electron chi connectivity index (χ2n) is 13.0. The number of benzene rings is 3. The number of aryl methyl sites for hydroxylation is 2. The molecular formula is C39H40N4O5. The molecule has 9 nitrogen and oxygen atoms in total. The van der Waals surface area contributed by atoms with Crippen LogP contribution in [0.3, 0.4) is 0 Å². The number of nitrogens with zero attached hydrogens (tertiary/aromatic N) is 2. The molecule has 0 bridgehead atoms. The molecule has 2 amide bonds. The van der Waals surface area contributed by atoms with E-state index in [0.717, 1.165) is 40.6 Å². The van der Waals surface area contributed by atoms with Gasteiger partial charge in [0, 0.05) is 53.0 Å². The molecule has 9 heteroatoms. The van der Waals surface area contributed by atoms with Crippen molar-refractivity contribution in [2.24, 2.45) is 5.92 Å². The highest BCUT2D eigenvalue weighted by molar-refractivity contribution is 6.09. The van der Waals surface area contributed by atoms with E-state index in [1.807, 2.05) is 78.9 Å². The summed E-state index contributed by atoms with van der Waals surface area (Å²) in [6, 6.07) is 24.3. The number of carbonyl (C=O) groups excluding carboxylic acids is 2. The van der Waals surface area contributed by atoms with Crippen LogP contribution in [0, 0.1) is 5.92 Å². The van der Waals surface area contributed by atoms with Crippen LogP contribution in [-0.4, -0.2) is 42.1 Å². The van der Waals surface area contributed by atoms with Crippen LogP contribution >= 0.6 is 0 Å². The lowest BCUT2D eigenvalue weighted by molar-refractivity contribution is -0.0322. The van der Waals surface area contributed by atoms with Crippen LogP contribution in [0.1, 0.15) is 54.5 Å². The van der Waals surface area contributed by atoms with Crippen molar-refractivity contribution in [3.63, 3.8) is 0 Å². The van der Waals surface area contributed by atoms with Crippen LogP contribution in [0.5, 0.6) is 17.2 Å². The SMILES string of the molecule is COc1c(NC(=O)Nc2ccc(Oc3ccnc(CCc4ccccn4)c3)c3ccccc23)cc(C(C)(C)C)cc1C(=O)CC1COC1. The Morgan fingerprint density at radius 3 is 2.27 bits per heavy atom. The van der Waals surface area contributed by atoms with Gasteiger partial charge in [-0.05, 0) is 66.3 Å². The number of fused-ring (bicyclic) bond motifs is 1. The molecule has 1 fully saturated rings. The third-order valence-electron chi connectivity index (χ3n) is 8.40. The maximum Gasteiger partial charge on any atom is 0.323 e. The molecule has 1 saturated heterocycles. The summed E-state index contributed by atoms with van der Waals surface area (Å²) in [4.78, 5) is 35.8. The number of methoxy groups -OCH3 is 1. The summed E-state index contributed by atoms with van der Waals surface area (Å²) in [7, 11) is 1.51. The average molecular weight is 645 g/mol. The Kier molecular flexibility index (Phi) is 9.68. The van der Waals surface area contributed by atoms with Crippen LogP contribution in [0.4, 0.5) is 16.2 Å². The molecule has 3 aromatic carbocycles. The summed E-state index contributed by atoms with van der Waals surface area (Å²) in [5.74, 6) is 1.82. The highest BCUT2D eigenvalue weighted by Crippen LogP contribution is 2.38. The van der Waals surface area contributed by atoms with Crippen molar-refractivity contribution in [1.82, 2.24) is 9.97 Å². The Hall–Kier alpha value is -5.28. The van der Waals surface area contributed by atoms with Gasteiger partial charge in [-0.2, -0.15) is 0 Å². The molecule has 3 heterocycles. The number of amides is 2. The number of rotatable bonds is 11. The first-order valence-electron chi connectivity index (χ1n) is 16.1. The van der Waals surface area contributed by atoms with Crippen molar-refractivity contribution in [3.05, 3.63) is 114 Å². The van der Waals surface area contributed by atoms with Gasteiger partial charge in [-0.3, -0.25) is 14.8 Å². The quantitative estimate of drug-likeness (QED) is 0.139. The molecule has 6 rings (SSSR count). The zero-order valence-electron chi connectivity index (χ0n) is 27.7. The molecule has 0 spiro atoms. The van der Waals surface area contributed by atoms with E-state index in [2.05, 4.69) is 41.4 Å². The van der Waals surface area contributed by atoms with Crippen LogP contribution in [0.2, 0.25) is 0 Å². The molecule has 0 atom stereocenters. The van der Waals surface area contributed by atoms with E-state index in [4.69, 9.17) is 14.2 Å². The highest BCUT2D eigenvalue weighted by Gasteiger charge is 2.28. The third kappa shape index (κ3) is 7.64. The predicted octanol–water partition coefficient (Wildman–Crippen LogP) is 8.38. The van der Waals surface area contributed by atoms with Crippen molar-refractivity contribution in [3.8, 4) is 17.2 Å². The average Bonchev–Trinajstić information content (AvgIpc) is 3.06. The number of ether oxygens (including phenoxy) is 3. The number of hydrogen-bond donors (Lipinski definition) is 2. The van der Waals surface area contributed by atoms with Gasteiger partial charge in [0.15, 0.2) is 11.5 Å². The first kappa shape index (κ1) is 32.7. The fourth-order valence-corrected chi connectivity index (χ4v) is 5.69. The van der Waals surface area contributed by atoms with Gasteiger partial charge < -0.3 is 24.8 Å². The molecule has 1 aliphatic heterocycles. The molecule has 2 aromatic heterocycles. The summed E-state index contributed by atoms with van der Waals surface area (Å²) >= 11 is 0. The zero-order valence-corrected chi connectivity index (χ0v) is 27.7. The van der Waals surface area contributed by atoms with Crippen molar-refractivity contribution >= 4 is 34.0 Å². The fourth-order valence-electron chi connectivity index (χ4n) is 5.69. The summed E-state index contributed by atoms with van der Waals surface area (Å²) in [5.41, 5.74) is 4.05. The van der Waals surface area contributed by atoms with Gasteiger partial charge in [0.2, 0.25) is 0 Å². The summed E-state index contributed by atoms with van der Waals surface area (Å²) in [6.45, 7) is 7.36. The Morgan fingerprint density at radius 1 is 0.833 bits per heavy atom. The van der Waals surface area contributed by atoms with Gasteiger partial charge in [0.05, 0.1) is 37.3 Å². The monoisotopic (exact) mass is 644 g/mol. The van der Waals surface area contributed by atoms with Gasteiger partial charge in [0.25, 0.3) is 0 Å². The largest absolute Gasteiger partial charge is 0.494 e. The summed E-state index contributed by atoms with van der Waals surface area (Å²) in [6.07, 6.45) is 5.42. The van der Waals surface area contributed by atoms with Crippen LogP contribution in [0.15, 0.2) is 91.3 Å². The van der Waals surface area contributed by atoms with Gasteiger partial charge in [-0.15, -0.1) is 0 Å². The molecule has 0 aliphatic carbocycles. The molecular weight excluding hydrogens is 604 g/mol. The first-order chi connectivity index (χ1) is 23.2. The molecule has 48 heavy (non-hydrogen) atoms. The topological polar surface area (TPSA) is 112 Å². The van der Waals surface area contributed by atoms with E-state index >= 15 is 0 Å². The zero-order chi connectivity index (χ0) is 33.7. The summed E-state index contributed by atoms with van der Waals surface area (Å²) in [5, 5.41) is 7.59. The number of hydrogen-bond acceptors (Lipinski definition) is 7. The number of urea groups is 1. The van der Waals surface area contributed by atoms with Crippen molar-refractivity contribution in [2.45, 2.75) is 45.4 Å². The van der Waals surface area contributed by atoms with E-state index < -0.39 is 6.03 Å². The Balaban J connectivity index is 1.21. The molecule has 0 saturated carbocycles. The maximum atomic E-state index is 13.5. The smallest absolute Gasteiger partial charge is 0.323 e. The van der Waals surface area contributed by atoms with Gasteiger partial charge in [-0.25, -0.2) is 4.79 Å². The standard InChI is InChI=1S/C39H40N4O5/c1-39(2,3)26-20-32(35(44)19-25-23-47-24-25)37(46-4)34(21-26)43-38(45)42-33-14-15-36(31-11-6-5-10-30(31)33)48-29-16-18-41-28(22-29)13-12-27-9-7-8-17-40-27/h5-11,14-18,20-22,25H,12-13,19,23-24H2,1-4H3,(H2,42,43,45). The predicted molar refractivity (Wildman–Crippen MR) is 187 cm³/mol. The van der Waals surface area contributed by atoms with E-state index in [1.54, 1.807) is 12.4 Å². The second kappa shape index (κ2) is 14.2. The molecule has 1 aliphatic rings. The van der Waals surface area contributed by atoms with E-state index in [0.29, 0.717) is 53.8 Å². The van der Waals surface area contributed by atoms with Crippen LogP contribution in [-0.2, 0) is 23.0 Å². The Bertz CT molecular complexity index is 1930. The Morgan fingerprint density at radius 2 is 1.56 bits per heavy atom. The van der Waals surface area contributed by atoms with Crippen LogP contribution < -0.4 is 20.1 Å². The van der Waals surface area contributed by atoms with Crippen molar-refractivity contribution < 1.29 is 23.8 Å². The molecule has 246 valence electrons. The normalized spacial score (nSPS) is 13.1. The minimum absolute atomic E-state index is 0.0363. The van der Waals surface area contributed by atoms with Gasteiger partial charge >= 0.3 is 6.03 Å². The first-order valence-corrected chi connectivity index (χ1v) is 16.1. The molecule has 5 aromatic rings. The third-order valence-corrected chi connectivity index (χ3v) is 8.40. The number of aromatic nitrogens is 2. The minimum atomic E-state index is -0.462. The number of pyridine rings is 2. The maximum absolute atomic E-state index is 13.5. The van der Waals surface area contributed by atoms with E-state index in [-0.39, 0.29) is 17.1 Å². The highest BCUT2D eigenvalue weighted by atomic mass is 16.5. The lowest BCUT2D eigenvalue weighted by atomic mass is 9.84. The molecule has 0 radical (unpaired) electrons. The van der Waals surface area contributed by atoms with Gasteiger partial charge in [0.1, 0.15) is 11.5 Å². The van der Waals surface area contributed by atoms with E-state index in [9.17, 15) is 9.59 Å². The lowest BCUT2D eigenvalue weighted by Crippen LogP contribution is -2.30.